The number of carboxylic acid groups (broad SMARTS) is 1. The number of carboxylic acids is 1. The number of hydrogen-bond acceptors (Lipinski definition) is 5. The number of nitrogens with zero attached hydrogens (tertiary/aromatic N) is 1. The number of amides is 1. The van der Waals surface area contributed by atoms with Crippen LogP contribution in [0.15, 0.2) is 24.3 Å². The average Bonchev–Trinajstić information content (AvgIpc) is 2.97. The lowest BCUT2D eigenvalue weighted by atomic mass is 10.1. The third-order valence-electron chi connectivity index (χ3n) is 3.50. The Labute approximate surface area is 138 Å². The molecule has 1 N–H and O–H groups in total. The number of carbonyl (C=O) groups is 2. The first-order chi connectivity index (χ1) is 10.6. The molecule has 7 heteroatoms. The van der Waals surface area contributed by atoms with E-state index in [0.717, 1.165) is 5.56 Å². The van der Waals surface area contributed by atoms with Crippen molar-refractivity contribution in [2.75, 3.05) is 24.9 Å². The Morgan fingerprint density at radius 1 is 1.45 bits per heavy atom. The van der Waals surface area contributed by atoms with Gasteiger partial charge in [-0.25, -0.2) is 4.79 Å². The van der Waals surface area contributed by atoms with Crippen molar-refractivity contribution in [2.24, 2.45) is 0 Å². The molecule has 0 saturated carbocycles. The maximum atomic E-state index is 12.5. The molecule has 0 aromatic heterocycles. The highest BCUT2D eigenvalue weighted by Gasteiger charge is 2.42. The SMILES string of the molecule is COc1ccccc1C1SC[C@@H](C(=O)O)N1C(=O)CCSC. The van der Waals surface area contributed by atoms with Gasteiger partial charge in [0.1, 0.15) is 17.2 Å². The van der Waals surface area contributed by atoms with Crippen molar-refractivity contribution in [1.82, 2.24) is 4.90 Å². The molecular weight excluding hydrogens is 322 g/mol. The number of methoxy groups -OCH3 is 1. The summed E-state index contributed by atoms with van der Waals surface area (Å²) in [6.45, 7) is 0. The summed E-state index contributed by atoms with van der Waals surface area (Å²) in [6, 6.07) is 6.66. The van der Waals surface area contributed by atoms with E-state index in [1.165, 1.54) is 16.7 Å². The van der Waals surface area contributed by atoms with E-state index in [-0.39, 0.29) is 11.3 Å². The normalized spacial score (nSPS) is 20.9. The summed E-state index contributed by atoms with van der Waals surface area (Å²) in [6.07, 6.45) is 2.27. The largest absolute Gasteiger partial charge is 0.496 e. The van der Waals surface area contributed by atoms with Crippen LogP contribution < -0.4 is 4.74 Å². The van der Waals surface area contributed by atoms with E-state index in [4.69, 9.17) is 4.74 Å². The van der Waals surface area contributed by atoms with E-state index in [1.807, 2.05) is 30.5 Å². The van der Waals surface area contributed by atoms with Crippen LogP contribution in [0.25, 0.3) is 0 Å². The molecule has 1 saturated heterocycles. The van der Waals surface area contributed by atoms with Crippen molar-refractivity contribution in [3.8, 4) is 5.75 Å². The van der Waals surface area contributed by atoms with E-state index in [1.54, 1.807) is 18.9 Å². The first-order valence-electron chi connectivity index (χ1n) is 6.87. The zero-order valence-corrected chi connectivity index (χ0v) is 14.2. The van der Waals surface area contributed by atoms with Crippen LogP contribution in [0.3, 0.4) is 0 Å². The van der Waals surface area contributed by atoms with Crippen LogP contribution in [0.5, 0.6) is 5.75 Å². The number of benzene rings is 1. The number of hydrogen-bond donors (Lipinski definition) is 1. The first-order valence-corrected chi connectivity index (χ1v) is 9.31. The van der Waals surface area contributed by atoms with Crippen molar-refractivity contribution in [3.05, 3.63) is 29.8 Å². The average molecular weight is 341 g/mol. The topological polar surface area (TPSA) is 66.8 Å². The van der Waals surface area contributed by atoms with Gasteiger partial charge in [-0.15, -0.1) is 11.8 Å². The van der Waals surface area contributed by atoms with Gasteiger partial charge in [0.05, 0.1) is 7.11 Å². The molecule has 5 nitrogen and oxygen atoms in total. The van der Waals surface area contributed by atoms with Crippen molar-refractivity contribution in [3.63, 3.8) is 0 Å². The van der Waals surface area contributed by atoms with Crippen LogP contribution in [-0.2, 0) is 9.59 Å². The lowest BCUT2D eigenvalue weighted by Gasteiger charge is -2.28. The first kappa shape index (κ1) is 17.0. The van der Waals surface area contributed by atoms with Crippen molar-refractivity contribution in [1.29, 1.82) is 0 Å². The van der Waals surface area contributed by atoms with Gasteiger partial charge >= 0.3 is 5.97 Å². The van der Waals surface area contributed by atoms with Crippen molar-refractivity contribution >= 4 is 35.4 Å². The lowest BCUT2D eigenvalue weighted by Crippen LogP contribution is -2.43. The van der Waals surface area contributed by atoms with Crippen LogP contribution in [0, 0.1) is 0 Å². The molecule has 1 heterocycles. The number of aliphatic carboxylic acids is 1. The summed E-state index contributed by atoms with van der Waals surface area (Å²) in [5.74, 6) is 0.673. The summed E-state index contributed by atoms with van der Waals surface area (Å²) in [5, 5.41) is 9.09. The van der Waals surface area contributed by atoms with Crippen LogP contribution >= 0.6 is 23.5 Å². The molecule has 1 aromatic rings. The summed E-state index contributed by atoms with van der Waals surface area (Å²) in [7, 11) is 1.58. The Hall–Kier alpha value is -1.34. The minimum atomic E-state index is -0.956. The maximum absolute atomic E-state index is 12.5. The zero-order chi connectivity index (χ0) is 16.1. The Morgan fingerprint density at radius 3 is 2.82 bits per heavy atom. The minimum absolute atomic E-state index is 0.123. The van der Waals surface area contributed by atoms with Gasteiger partial charge in [-0.2, -0.15) is 11.8 Å². The Morgan fingerprint density at radius 2 is 2.18 bits per heavy atom. The fourth-order valence-electron chi connectivity index (χ4n) is 2.43. The fraction of sp³-hybridized carbons (Fsp3) is 0.467. The van der Waals surface area contributed by atoms with E-state index in [9.17, 15) is 14.7 Å². The van der Waals surface area contributed by atoms with E-state index in [0.29, 0.717) is 23.7 Å². The highest BCUT2D eigenvalue weighted by atomic mass is 32.2. The molecule has 1 amide bonds. The number of para-hydroxylation sites is 1. The second-order valence-corrected chi connectivity index (χ2v) is 6.92. The molecule has 1 aliphatic rings. The predicted molar refractivity (Wildman–Crippen MR) is 89.5 cm³/mol. The van der Waals surface area contributed by atoms with Gasteiger partial charge < -0.3 is 14.7 Å². The van der Waals surface area contributed by atoms with E-state index >= 15 is 0 Å². The lowest BCUT2D eigenvalue weighted by molar-refractivity contribution is -0.149. The van der Waals surface area contributed by atoms with Gasteiger partial charge in [0.2, 0.25) is 5.91 Å². The van der Waals surface area contributed by atoms with Crippen LogP contribution in [0.2, 0.25) is 0 Å². The molecule has 0 radical (unpaired) electrons. The summed E-state index contributed by atoms with van der Waals surface area (Å²) >= 11 is 3.05. The molecule has 120 valence electrons. The Bertz CT molecular complexity index is 552. The van der Waals surface area contributed by atoms with Crippen molar-refractivity contribution < 1.29 is 19.4 Å². The highest BCUT2D eigenvalue weighted by Crippen LogP contribution is 2.44. The molecule has 2 rings (SSSR count). The summed E-state index contributed by atoms with van der Waals surface area (Å²) < 4.78 is 5.36. The van der Waals surface area contributed by atoms with E-state index < -0.39 is 12.0 Å². The molecule has 22 heavy (non-hydrogen) atoms. The summed E-state index contributed by atoms with van der Waals surface area (Å²) in [4.78, 5) is 25.5. The molecule has 0 bridgehead atoms. The van der Waals surface area contributed by atoms with Crippen LogP contribution in [-0.4, -0.2) is 52.8 Å². The molecule has 1 fully saturated rings. The second kappa shape index (κ2) is 7.78. The minimum Gasteiger partial charge on any atom is -0.496 e. The van der Waals surface area contributed by atoms with Crippen LogP contribution in [0.1, 0.15) is 17.4 Å². The smallest absolute Gasteiger partial charge is 0.327 e. The molecule has 1 unspecified atom stereocenters. The van der Waals surface area contributed by atoms with Gasteiger partial charge in [-0.3, -0.25) is 4.79 Å². The summed E-state index contributed by atoms with van der Waals surface area (Å²) in [5.41, 5.74) is 0.844. The standard InChI is InChI=1S/C15H19NO4S2/c1-20-12-6-4-3-5-10(12)14-16(13(17)7-8-21-2)11(9-22-14)15(18)19/h3-6,11,14H,7-9H2,1-2H3,(H,18,19)/t11-,14?/m0/s1. The third kappa shape index (κ3) is 3.52. The zero-order valence-electron chi connectivity index (χ0n) is 12.5. The molecule has 2 atom stereocenters. The van der Waals surface area contributed by atoms with Gasteiger partial charge in [-0.05, 0) is 12.3 Å². The second-order valence-electron chi connectivity index (χ2n) is 4.83. The van der Waals surface area contributed by atoms with Gasteiger partial charge in [0, 0.05) is 23.5 Å². The Kier molecular flexibility index (Phi) is 6.02. The predicted octanol–water partition coefficient (Wildman–Crippen LogP) is 2.48. The molecule has 0 aliphatic carbocycles. The monoisotopic (exact) mass is 341 g/mol. The van der Waals surface area contributed by atoms with Crippen molar-refractivity contribution in [2.45, 2.75) is 17.8 Å². The number of thioether (sulfide) groups is 2. The number of rotatable bonds is 6. The number of carbonyl (C=O) groups excluding carboxylic acids is 1. The van der Waals surface area contributed by atoms with Gasteiger partial charge in [-0.1, -0.05) is 18.2 Å². The number of ether oxygens (including phenoxy) is 1. The molecule has 1 aromatic carbocycles. The van der Waals surface area contributed by atoms with Gasteiger partial charge in [0.15, 0.2) is 0 Å². The highest BCUT2D eigenvalue weighted by molar-refractivity contribution is 7.99. The molecular formula is C15H19NO4S2. The van der Waals surface area contributed by atoms with Crippen LogP contribution in [0.4, 0.5) is 0 Å². The Balaban J connectivity index is 2.32. The quantitative estimate of drug-likeness (QED) is 0.857. The third-order valence-corrected chi connectivity index (χ3v) is 5.42. The van der Waals surface area contributed by atoms with Gasteiger partial charge in [0.25, 0.3) is 0 Å². The van der Waals surface area contributed by atoms with E-state index in [2.05, 4.69) is 0 Å². The molecule has 1 aliphatic heterocycles. The maximum Gasteiger partial charge on any atom is 0.327 e. The fourth-order valence-corrected chi connectivity index (χ4v) is 4.28. The molecule has 0 spiro atoms.